The minimum absolute atomic E-state index is 0.0701. The lowest BCUT2D eigenvalue weighted by atomic mass is 10.0. The number of rotatable bonds is 59. The summed E-state index contributed by atoms with van der Waals surface area (Å²) < 4.78 is 17.0. The summed E-state index contributed by atoms with van der Waals surface area (Å²) >= 11 is 0. The van der Waals surface area contributed by atoms with Gasteiger partial charge in [-0.1, -0.05) is 313 Å². The van der Waals surface area contributed by atoms with Gasteiger partial charge in [0.05, 0.1) is 0 Å². The zero-order valence-electron chi connectivity index (χ0n) is 48.9. The maximum Gasteiger partial charge on any atom is 0.306 e. The molecule has 0 aromatic rings. The van der Waals surface area contributed by atoms with Gasteiger partial charge in [0.25, 0.3) is 0 Å². The van der Waals surface area contributed by atoms with E-state index in [1.807, 2.05) is 0 Å². The summed E-state index contributed by atoms with van der Waals surface area (Å²) in [5, 5.41) is 0. The molecule has 0 amide bonds. The highest BCUT2D eigenvalue weighted by molar-refractivity contribution is 5.71. The number of hydrogen-bond donors (Lipinski definition) is 0. The van der Waals surface area contributed by atoms with Crippen molar-refractivity contribution in [3.63, 3.8) is 0 Å². The van der Waals surface area contributed by atoms with Crippen LogP contribution in [0.3, 0.4) is 0 Å². The van der Waals surface area contributed by atoms with Crippen LogP contribution in [0.25, 0.3) is 0 Å². The summed E-state index contributed by atoms with van der Waals surface area (Å²) in [6.45, 7) is 6.59. The molecule has 426 valence electrons. The van der Waals surface area contributed by atoms with Gasteiger partial charge in [-0.25, -0.2) is 0 Å². The van der Waals surface area contributed by atoms with Crippen LogP contribution >= 0.6 is 0 Å². The highest BCUT2D eigenvalue weighted by Gasteiger charge is 2.19. The molecule has 0 aromatic carbocycles. The molecular weight excluding hydrogens is 901 g/mol. The topological polar surface area (TPSA) is 78.9 Å². The third kappa shape index (κ3) is 60.1. The first kappa shape index (κ1) is 70.4. The molecule has 0 radical (unpaired) electrons. The molecule has 0 saturated heterocycles. The minimum atomic E-state index is -0.773. The number of carbonyl (C=O) groups is 3. The number of esters is 3. The zero-order valence-corrected chi connectivity index (χ0v) is 48.9. The highest BCUT2D eigenvalue weighted by atomic mass is 16.6. The molecule has 0 spiro atoms. The van der Waals surface area contributed by atoms with Crippen LogP contribution in [0.2, 0.25) is 0 Å². The van der Waals surface area contributed by atoms with E-state index >= 15 is 0 Å². The second-order valence-corrected chi connectivity index (χ2v) is 21.7. The van der Waals surface area contributed by atoms with Crippen molar-refractivity contribution >= 4 is 17.9 Å². The maximum atomic E-state index is 12.9. The molecule has 1 unspecified atom stereocenters. The first-order chi connectivity index (χ1) is 36.0. The average molecular weight is 1020 g/mol. The fourth-order valence-corrected chi connectivity index (χ4v) is 9.56. The summed E-state index contributed by atoms with van der Waals surface area (Å²) in [5.41, 5.74) is 0. The lowest BCUT2D eigenvalue weighted by molar-refractivity contribution is -0.167. The second kappa shape index (κ2) is 61.9. The molecule has 0 heterocycles. The Morgan fingerprint density at radius 3 is 0.836 bits per heavy atom. The van der Waals surface area contributed by atoms with Gasteiger partial charge < -0.3 is 14.2 Å². The van der Waals surface area contributed by atoms with E-state index in [1.54, 1.807) is 0 Å². The fraction of sp³-hybridized carbons (Fsp3) is 0.836. The molecule has 0 aromatic heterocycles. The summed E-state index contributed by atoms with van der Waals surface area (Å²) in [5.74, 6) is -0.854. The van der Waals surface area contributed by atoms with Gasteiger partial charge in [0.1, 0.15) is 13.2 Å². The van der Waals surface area contributed by atoms with Gasteiger partial charge in [-0.2, -0.15) is 0 Å². The Morgan fingerprint density at radius 1 is 0.288 bits per heavy atom. The number of allylic oxidation sites excluding steroid dienone is 8. The third-order valence-electron chi connectivity index (χ3n) is 14.3. The van der Waals surface area contributed by atoms with Gasteiger partial charge in [-0.3, -0.25) is 14.4 Å². The second-order valence-electron chi connectivity index (χ2n) is 21.7. The van der Waals surface area contributed by atoms with Crippen LogP contribution in [0.15, 0.2) is 48.6 Å². The zero-order chi connectivity index (χ0) is 52.9. The van der Waals surface area contributed by atoms with Crippen LogP contribution in [0.4, 0.5) is 0 Å². The van der Waals surface area contributed by atoms with Crippen LogP contribution in [-0.4, -0.2) is 37.2 Å². The Balaban J connectivity index is 4.33. The van der Waals surface area contributed by atoms with Gasteiger partial charge in [0, 0.05) is 19.3 Å². The van der Waals surface area contributed by atoms with E-state index in [4.69, 9.17) is 14.2 Å². The fourth-order valence-electron chi connectivity index (χ4n) is 9.56. The molecule has 0 aliphatic carbocycles. The molecule has 0 bridgehead atoms. The van der Waals surface area contributed by atoms with Crippen LogP contribution in [0.1, 0.15) is 342 Å². The lowest BCUT2D eigenvalue weighted by Crippen LogP contribution is -2.30. The Labute approximate surface area is 454 Å². The van der Waals surface area contributed by atoms with Crippen molar-refractivity contribution < 1.29 is 28.6 Å². The minimum Gasteiger partial charge on any atom is -0.462 e. The normalized spacial score (nSPS) is 12.3. The lowest BCUT2D eigenvalue weighted by Gasteiger charge is -2.18. The molecule has 0 rings (SSSR count). The quantitative estimate of drug-likeness (QED) is 0.0261. The van der Waals surface area contributed by atoms with Gasteiger partial charge >= 0.3 is 17.9 Å². The average Bonchev–Trinajstić information content (AvgIpc) is 3.39. The summed E-state index contributed by atoms with van der Waals surface area (Å²) in [6.07, 6.45) is 76.8. The molecule has 6 nitrogen and oxygen atoms in total. The summed E-state index contributed by atoms with van der Waals surface area (Å²) in [6, 6.07) is 0. The molecule has 0 N–H and O–H groups in total. The van der Waals surface area contributed by atoms with Crippen molar-refractivity contribution in [2.24, 2.45) is 0 Å². The van der Waals surface area contributed by atoms with E-state index in [1.165, 1.54) is 212 Å². The smallest absolute Gasteiger partial charge is 0.306 e. The van der Waals surface area contributed by atoms with Crippen LogP contribution in [0, 0.1) is 0 Å². The van der Waals surface area contributed by atoms with E-state index < -0.39 is 6.10 Å². The van der Waals surface area contributed by atoms with E-state index in [0.717, 1.165) is 89.9 Å². The van der Waals surface area contributed by atoms with Crippen LogP contribution in [-0.2, 0) is 28.6 Å². The summed E-state index contributed by atoms with van der Waals surface area (Å²) in [4.78, 5) is 38.3. The van der Waals surface area contributed by atoms with E-state index in [-0.39, 0.29) is 31.1 Å². The Morgan fingerprint density at radius 2 is 0.534 bits per heavy atom. The van der Waals surface area contributed by atoms with Gasteiger partial charge in [0.15, 0.2) is 6.10 Å². The van der Waals surface area contributed by atoms with Crippen molar-refractivity contribution in [2.75, 3.05) is 13.2 Å². The monoisotopic (exact) mass is 1020 g/mol. The standard InChI is InChI=1S/C67H122O6/c1-4-7-10-13-16-19-22-25-28-31-32-33-34-37-39-42-45-48-51-54-57-60-66(69)72-63-64(73-67(70)61-58-55-52-49-46-43-40-36-30-27-24-21-18-15-12-9-6-3)62-71-65(68)59-56-53-50-47-44-41-38-35-29-26-23-20-17-14-11-8-5-2/h7,10,16,19,25,28,32-33,64H,4-6,8-9,11-15,17-18,20-24,26-27,29-31,34-63H2,1-3H3/b10-7-,19-16-,28-25-,33-32-. The number of hydrogen-bond acceptors (Lipinski definition) is 6. The third-order valence-corrected chi connectivity index (χ3v) is 14.3. The van der Waals surface area contributed by atoms with E-state index in [0.29, 0.717) is 19.3 Å². The Hall–Kier alpha value is -2.63. The van der Waals surface area contributed by atoms with E-state index in [9.17, 15) is 14.4 Å². The molecule has 73 heavy (non-hydrogen) atoms. The predicted octanol–water partition coefficient (Wildman–Crippen LogP) is 21.8. The molecule has 0 aliphatic rings. The Kier molecular flexibility index (Phi) is 59.7. The Bertz CT molecular complexity index is 1270. The van der Waals surface area contributed by atoms with Crippen LogP contribution in [0.5, 0.6) is 0 Å². The molecule has 0 fully saturated rings. The van der Waals surface area contributed by atoms with Crippen molar-refractivity contribution in [2.45, 2.75) is 348 Å². The molecule has 0 aliphatic heterocycles. The van der Waals surface area contributed by atoms with Crippen LogP contribution < -0.4 is 0 Å². The first-order valence-electron chi connectivity index (χ1n) is 32.1. The van der Waals surface area contributed by atoms with Gasteiger partial charge in [0.2, 0.25) is 0 Å². The summed E-state index contributed by atoms with van der Waals surface area (Å²) in [7, 11) is 0. The number of ether oxygens (including phenoxy) is 3. The van der Waals surface area contributed by atoms with Crippen molar-refractivity contribution in [3.8, 4) is 0 Å². The SMILES string of the molecule is CC/C=C\C/C=C\C/C=C\C/C=C\CCCCCCCCCCC(=O)OCC(COC(=O)CCCCCCCCCCCCCCCCCCC)OC(=O)CCCCCCCCCCCCCCCCCCC. The molecular formula is C67H122O6. The number of carbonyl (C=O) groups excluding carboxylic acids is 3. The number of unbranched alkanes of at least 4 members (excludes halogenated alkanes) is 40. The van der Waals surface area contributed by atoms with Crippen molar-refractivity contribution in [1.29, 1.82) is 0 Å². The van der Waals surface area contributed by atoms with Gasteiger partial charge in [-0.05, 0) is 57.8 Å². The van der Waals surface area contributed by atoms with Gasteiger partial charge in [-0.15, -0.1) is 0 Å². The first-order valence-corrected chi connectivity index (χ1v) is 32.1. The van der Waals surface area contributed by atoms with Crippen molar-refractivity contribution in [3.05, 3.63) is 48.6 Å². The van der Waals surface area contributed by atoms with E-state index in [2.05, 4.69) is 69.4 Å². The predicted molar refractivity (Wildman–Crippen MR) is 316 cm³/mol. The molecule has 6 heteroatoms. The van der Waals surface area contributed by atoms with Crippen molar-refractivity contribution in [1.82, 2.24) is 0 Å². The highest BCUT2D eigenvalue weighted by Crippen LogP contribution is 2.18. The maximum absolute atomic E-state index is 12.9. The molecule has 0 saturated carbocycles. The largest absolute Gasteiger partial charge is 0.462 e. The molecule has 1 atom stereocenters.